The Labute approximate surface area is 140 Å². The second-order valence-corrected chi connectivity index (χ2v) is 5.83. The number of rotatable bonds is 4. The van der Waals surface area contributed by atoms with Gasteiger partial charge in [0.1, 0.15) is 0 Å². The summed E-state index contributed by atoms with van der Waals surface area (Å²) in [5.74, 6) is -0.966. The highest BCUT2D eigenvalue weighted by molar-refractivity contribution is 5.89. The van der Waals surface area contributed by atoms with Crippen molar-refractivity contribution in [3.8, 4) is 0 Å². The molecule has 1 aliphatic carbocycles. The molecule has 0 saturated carbocycles. The Hall–Kier alpha value is -2.76. The normalized spacial score (nSPS) is 16.1. The lowest BCUT2D eigenvalue weighted by Crippen LogP contribution is -2.34. The molecule has 0 fully saturated rings. The average molecular weight is 325 g/mol. The molecule has 3 rings (SSSR count). The molecule has 0 bridgehead atoms. The summed E-state index contributed by atoms with van der Waals surface area (Å²) in [6.45, 7) is 1.45. The maximum absolute atomic E-state index is 12.1. The lowest BCUT2D eigenvalue weighted by atomic mass is 9.88. The largest absolute Gasteiger partial charge is 0.451 e. The van der Waals surface area contributed by atoms with Crippen molar-refractivity contribution in [2.45, 2.75) is 32.2 Å². The van der Waals surface area contributed by atoms with E-state index < -0.39 is 5.97 Å². The fourth-order valence-electron chi connectivity index (χ4n) is 2.84. The summed E-state index contributed by atoms with van der Waals surface area (Å²) in [5, 5.41) is 2.94. The summed E-state index contributed by atoms with van der Waals surface area (Å²) in [7, 11) is 0. The van der Waals surface area contributed by atoms with Crippen LogP contribution in [0.5, 0.6) is 0 Å². The predicted molar refractivity (Wildman–Crippen MR) is 87.3 cm³/mol. The molecule has 0 radical (unpaired) electrons. The van der Waals surface area contributed by atoms with Gasteiger partial charge in [-0.1, -0.05) is 24.3 Å². The number of carbonyl (C=O) groups is 2. The molecule has 1 amide bonds. The maximum atomic E-state index is 12.1. The molecule has 6 nitrogen and oxygen atoms in total. The Morgan fingerprint density at radius 2 is 2.08 bits per heavy atom. The molecule has 1 aromatic heterocycles. The Bertz CT molecular complexity index is 743. The third kappa shape index (κ3) is 3.76. The molecule has 1 aliphatic rings. The van der Waals surface area contributed by atoms with E-state index in [-0.39, 0.29) is 24.2 Å². The first-order chi connectivity index (χ1) is 11.6. The summed E-state index contributed by atoms with van der Waals surface area (Å²) >= 11 is 0. The van der Waals surface area contributed by atoms with E-state index in [0.717, 1.165) is 24.8 Å². The highest BCUT2D eigenvalue weighted by Crippen LogP contribution is 2.29. The van der Waals surface area contributed by atoms with Crippen LogP contribution in [0, 0.1) is 6.92 Å². The minimum atomic E-state index is -0.651. The summed E-state index contributed by atoms with van der Waals surface area (Å²) < 4.78 is 5.01. The van der Waals surface area contributed by atoms with Gasteiger partial charge in [-0.3, -0.25) is 9.78 Å². The van der Waals surface area contributed by atoms with E-state index in [9.17, 15) is 9.59 Å². The molecule has 6 heteroatoms. The number of ether oxygens (including phenoxy) is 1. The van der Waals surface area contributed by atoms with Crippen molar-refractivity contribution in [2.75, 3.05) is 6.61 Å². The summed E-state index contributed by atoms with van der Waals surface area (Å²) in [5.41, 5.74) is 3.21. The van der Waals surface area contributed by atoms with Gasteiger partial charge in [0.15, 0.2) is 12.3 Å². The van der Waals surface area contributed by atoms with Gasteiger partial charge in [0.25, 0.3) is 5.91 Å². The molecule has 2 aromatic rings. The Kier molecular flexibility index (Phi) is 4.84. The van der Waals surface area contributed by atoms with E-state index in [1.54, 1.807) is 6.92 Å². The van der Waals surface area contributed by atoms with E-state index in [1.807, 2.05) is 18.2 Å². The van der Waals surface area contributed by atoms with Crippen molar-refractivity contribution < 1.29 is 14.3 Å². The van der Waals surface area contributed by atoms with Crippen LogP contribution in [0.15, 0.2) is 36.7 Å². The third-order valence-electron chi connectivity index (χ3n) is 4.03. The van der Waals surface area contributed by atoms with Crippen LogP contribution in [0.25, 0.3) is 0 Å². The molecule has 24 heavy (non-hydrogen) atoms. The van der Waals surface area contributed by atoms with Gasteiger partial charge in [0, 0.05) is 6.20 Å². The molecule has 1 aromatic carbocycles. The maximum Gasteiger partial charge on any atom is 0.359 e. The van der Waals surface area contributed by atoms with E-state index in [4.69, 9.17) is 4.74 Å². The zero-order valence-corrected chi connectivity index (χ0v) is 13.5. The molecule has 124 valence electrons. The molecule has 1 N–H and O–H groups in total. The van der Waals surface area contributed by atoms with Crippen LogP contribution in [0.4, 0.5) is 0 Å². The molecular formula is C18H19N3O3. The van der Waals surface area contributed by atoms with Crippen LogP contribution >= 0.6 is 0 Å². The Morgan fingerprint density at radius 3 is 2.88 bits per heavy atom. The molecule has 0 unspecified atom stereocenters. The number of carbonyl (C=O) groups excluding carboxylic acids is 2. The molecule has 0 aliphatic heterocycles. The lowest BCUT2D eigenvalue weighted by Gasteiger charge is -2.26. The first-order valence-corrected chi connectivity index (χ1v) is 7.96. The number of benzene rings is 1. The fourth-order valence-corrected chi connectivity index (χ4v) is 2.84. The standard InChI is InChI=1S/C18H19N3O3/c1-12-9-20-16(10-19-12)18(23)24-11-17(22)21-15-8-4-6-13-5-2-3-7-14(13)15/h2-3,5,7,9-10,15H,4,6,8,11H2,1H3,(H,21,22)/t15-/m0/s1. The molecule has 1 atom stereocenters. The molecule has 1 heterocycles. The van der Waals surface area contributed by atoms with Crippen molar-refractivity contribution in [2.24, 2.45) is 0 Å². The number of hydrogen-bond donors (Lipinski definition) is 1. The van der Waals surface area contributed by atoms with Gasteiger partial charge in [-0.25, -0.2) is 9.78 Å². The second-order valence-electron chi connectivity index (χ2n) is 5.83. The van der Waals surface area contributed by atoms with E-state index in [1.165, 1.54) is 18.0 Å². The van der Waals surface area contributed by atoms with Crippen molar-refractivity contribution in [1.29, 1.82) is 0 Å². The second kappa shape index (κ2) is 7.21. The topological polar surface area (TPSA) is 81.2 Å². The van der Waals surface area contributed by atoms with Crippen LogP contribution in [0.3, 0.4) is 0 Å². The fraction of sp³-hybridized carbons (Fsp3) is 0.333. The zero-order valence-electron chi connectivity index (χ0n) is 13.5. The van der Waals surface area contributed by atoms with Gasteiger partial charge < -0.3 is 10.1 Å². The lowest BCUT2D eigenvalue weighted by molar-refractivity contribution is -0.125. The Balaban J connectivity index is 1.55. The van der Waals surface area contributed by atoms with Gasteiger partial charge in [-0.2, -0.15) is 0 Å². The summed E-state index contributed by atoms with van der Waals surface area (Å²) in [6.07, 6.45) is 5.77. The highest BCUT2D eigenvalue weighted by Gasteiger charge is 2.22. The quantitative estimate of drug-likeness (QED) is 0.871. The van der Waals surface area contributed by atoms with Crippen molar-refractivity contribution >= 4 is 11.9 Å². The molecular weight excluding hydrogens is 306 g/mol. The predicted octanol–water partition coefficient (Wildman–Crippen LogP) is 2.14. The molecule has 0 spiro atoms. The van der Waals surface area contributed by atoms with E-state index in [2.05, 4.69) is 21.4 Å². The number of fused-ring (bicyclic) bond motifs is 1. The molecule has 0 saturated heterocycles. The van der Waals surface area contributed by atoms with E-state index >= 15 is 0 Å². The van der Waals surface area contributed by atoms with Crippen LogP contribution < -0.4 is 5.32 Å². The Morgan fingerprint density at radius 1 is 1.25 bits per heavy atom. The van der Waals surface area contributed by atoms with Crippen LogP contribution in [-0.2, 0) is 16.0 Å². The third-order valence-corrected chi connectivity index (χ3v) is 4.03. The number of aromatic nitrogens is 2. The smallest absolute Gasteiger partial charge is 0.359 e. The van der Waals surface area contributed by atoms with Crippen LogP contribution in [0.2, 0.25) is 0 Å². The number of nitrogens with zero attached hydrogens (tertiary/aromatic N) is 2. The van der Waals surface area contributed by atoms with Gasteiger partial charge in [0.05, 0.1) is 17.9 Å². The van der Waals surface area contributed by atoms with Crippen molar-refractivity contribution in [1.82, 2.24) is 15.3 Å². The van der Waals surface area contributed by atoms with Gasteiger partial charge in [-0.05, 0) is 37.3 Å². The SMILES string of the molecule is Cc1cnc(C(=O)OCC(=O)N[C@H]2CCCc3ccccc32)cn1. The van der Waals surface area contributed by atoms with Crippen LogP contribution in [-0.4, -0.2) is 28.5 Å². The number of hydrogen-bond acceptors (Lipinski definition) is 5. The van der Waals surface area contributed by atoms with Gasteiger partial charge >= 0.3 is 5.97 Å². The summed E-state index contributed by atoms with van der Waals surface area (Å²) in [6, 6.07) is 8.07. The highest BCUT2D eigenvalue weighted by atomic mass is 16.5. The summed E-state index contributed by atoms with van der Waals surface area (Å²) in [4.78, 5) is 31.8. The van der Waals surface area contributed by atoms with Crippen LogP contribution in [0.1, 0.15) is 46.2 Å². The number of aryl methyl sites for hydroxylation is 2. The number of esters is 1. The van der Waals surface area contributed by atoms with Gasteiger partial charge in [-0.15, -0.1) is 0 Å². The first-order valence-electron chi connectivity index (χ1n) is 7.96. The van der Waals surface area contributed by atoms with Crippen molar-refractivity contribution in [3.05, 3.63) is 59.2 Å². The monoisotopic (exact) mass is 325 g/mol. The number of nitrogens with one attached hydrogen (secondary N) is 1. The average Bonchev–Trinajstić information content (AvgIpc) is 2.61. The van der Waals surface area contributed by atoms with Gasteiger partial charge in [0.2, 0.25) is 0 Å². The number of amides is 1. The minimum Gasteiger partial charge on any atom is -0.451 e. The first kappa shape index (κ1) is 16.1. The van der Waals surface area contributed by atoms with Crippen molar-refractivity contribution in [3.63, 3.8) is 0 Å². The minimum absolute atomic E-state index is 0.0275. The zero-order chi connectivity index (χ0) is 16.9. The van der Waals surface area contributed by atoms with E-state index in [0.29, 0.717) is 5.69 Å².